The molecule has 2 aromatic rings. The van der Waals surface area contributed by atoms with Gasteiger partial charge in [0.1, 0.15) is 11.4 Å². The first kappa shape index (κ1) is 21.1. The number of anilines is 2. The number of benzene rings is 2. The SMILES string of the molecule is CCOc1ccc(NC(=O)COC(=O)c2ccc(N3CCCC3)c([N+](=O)[O-])c2)cc1. The number of carbonyl (C=O) groups excluding carboxylic acids is 2. The van der Waals surface area contributed by atoms with Gasteiger partial charge in [-0.3, -0.25) is 14.9 Å². The van der Waals surface area contributed by atoms with Crippen molar-refractivity contribution in [2.75, 3.05) is 36.5 Å². The zero-order valence-corrected chi connectivity index (χ0v) is 16.6. The van der Waals surface area contributed by atoms with E-state index in [1.165, 1.54) is 12.1 Å². The van der Waals surface area contributed by atoms with Gasteiger partial charge in [-0.05, 0) is 56.2 Å². The Hall–Kier alpha value is -3.62. The van der Waals surface area contributed by atoms with Crippen LogP contribution in [0.3, 0.4) is 0 Å². The molecular formula is C21H23N3O6. The van der Waals surface area contributed by atoms with Gasteiger partial charge in [0.15, 0.2) is 6.61 Å². The fourth-order valence-corrected chi connectivity index (χ4v) is 3.23. The van der Waals surface area contributed by atoms with Gasteiger partial charge in [0, 0.05) is 24.8 Å². The normalized spacial score (nSPS) is 13.0. The van der Waals surface area contributed by atoms with E-state index >= 15 is 0 Å². The second kappa shape index (κ2) is 9.73. The molecule has 158 valence electrons. The van der Waals surface area contributed by atoms with E-state index in [2.05, 4.69) is 5.32 Å². The van der Waals surface area contributed by atoms with Gasteiger partial charge >= 0.3 is 5.97 Å². The van der Waals surface area contributed by atoms with E-state index in [-0.39, 0.29) is 11.3 Å². The minimum atomic E-state index is -0.798. The molecule has 9 heteroatoms. The summed E-state index contributed by atoms with van der Waals surface area (Å²) in [6.45, 7) is 3.40. The van der Waals surface area contributed by atoms with Crippen molar-refractivity contribution in [2.24, 2.45) is 0 Å². The zero-order valence-electron chi connectivity index (χ0n) is 16.6. The molecule has 2 aromatic carbocycles. The van der Waals surface area contributed by atoms with Crippen molar-refractivity contribution >= 4 is 28.9 Å². The third kappa shape index (κ3) is 5.25. The maximum atomic E-state index is 12.3. The summed E-state index contributed by atoms with van der Waals surface area (Å²) >= 11 is 0. The van der Waals surface area contributed by atoms with Gasteiger partial charge in [0.05, 0.1) is 17.1 Å². The van der Waals surface area contributed by atoms with Crippen molar-refractivity contribution in [3.8, 4) is 5.75 Å². The summed E-state index contributed by atoms with van der Waals surface area (Å²) in [4.78, 5) is 37.2. The van der Waals surface area contributed by atoms with Crippen LogP contribution in [0.15, 0.2) is 42.5 Å². The summed E-state index contributed by atoms with van der Waals surface area (Å²) in [6.07, 6.45) is 1.95. The molecule has 0 unspecified atom stereocenters. The van der Waals surface area contributed by atoms with E-state index < -0.39 is 23.4 Å². The molecular weight excluding hydrogens is 390 g/mol. The summed E-state index contributed by atoms with van der Waals surface area (Å²) in [5, 5.41) is 14.0. The minimum Gasteiger partial charge on any atom is -0.494 e. The Balaban J connectivity index is 1.59. The average molecular weight is 413 g/mol. The van der Waals surface area contributed by atoms with Gasteiger partial charge in [-0.15, -0.1) is 0 Å². The Labute approximate surface area is 173 Å². The highest BCUT2D eigenvalue weighted by atomic mass is 16.6. The average Bonchev–Trinajstić information content (AvgIpc) is 3.28. The molecule has 1 saturated heterocycles. The lowest BCUT2D eigenvalue weighted by atomic mass is 10.1. The Kier molecular flexibility index (Phi) is 6.84. The van der Waals surface area contributed by atoms with Crippen LogP contribution in [0.25, 0.3) is 0 Å². The first-order valence-corrected chi connectivity index (χ1v) is 9.71. The van der Waals surface area contributed by atoms with Crippen molar-refractivity contribution in [1.82, 2.24) is 0 Å². The molecule has 1 amide bonds. The quantitative estimate of drug-likeness (QED) is 0.401. The predicted molar refractivity (Wildman–Crippen MR) is 111 cm³/mol. The maximum absolute atomic E-state index is 12.3. The van der Waals surface area contributed by atoms with Crippen molar-refractivity contribution in [2.45, 2.75) is 19.8 Å². The van der Waals surface area contributed by atoms with Crippen molar-refractivity contribution in [3.63, 3.8) is 0 Å². The van der Waals surface area contributed by atoms with E-state index in [9.17, 15) is 19.7 Å². The summed E-state index contributed by atoms with van der Waals surface area (Å²) in [5.74, 6) is -0.635. The monoisotopic (exact) mass is 413 g/mol. The second-order valence-electron chi connectivity index (χ2n) is 6.74. The van der Waals surface area contributed by atoms with Gasteiger partial charge in [-0.2, -0.15) is 0 Å². The maximum Gasteiger partial charge on any atom is 0.338 e. The summed E-state index contributed by atoms with van der Waals surface area (Å²) < 4.78 is 10.3. The molecule has 3 rings (SSSR count). The minimum absolute atomic E-state index is 0.0264. The molecule has 1 heterocycles. The molecule has 0 bridgehead atoms. The second-order valence-corrected chi connectivity index (χ2v) is 6.74. The summed E-state index contributed by atoms with van der Waals surface area (Å²) in [5.41, 5.74) is 0.899. The topological polar surface area (TPSA) is 111 Å². The first-order chi connectivity index (χ1) is 14.5. The third-order valence-electron chi connectivity index (χ3n) is 4.64. The number of ether oxygens (including phenoxy) is 2. The van der Waals surface area contributed by atoms with E-state index in [4.69, 9.17) is 9.47 Å². The Morgan fingerprint density at radius 1 is 1.13 bits per heavy atom. The number of nitrogens with one attached hydrogen (secondary N) is 1. The Bertz CT molecular complexity index is 923. The van der Waals surface area contributed by atoms with Gasteiger partial charge in [-0.1, -0.05) is 0 Å². The molecule has 1 N–H and O–H groups in total. The molecule has 0 aromatic heterocycles. The van der Waals surface area contributed by atoms with E-state index in [1.807, 2.05) is 11.8 Å². The molecule has 30 heavy (non-hydrogen) atoms. The molecule has 1 aliphatic heterocycles. The smallest absolute Gasteiger partial charge is 0.338 e. The van der Waals surface area contributed by atoms with Crippen LogP contribution in [0.5, 0.6) is 5.75 Å². The highest BCUT2D eigenvalue weighted by molar-refractivity contribution is 5.96. The van der Waals surface area contributed by atoms with Crippen LogP contribution in [-0.4, -0.2) is 43.1 Å². The Morgan fingerprint density at radius 2 is 1.83 bits per heavy atom. The van der Waals surface area contributed by atoms with E-state index in [0.29, 0.717) is 23.7 Å². The largest absolute Gasteiger partial charge is 0.494 e. The number of nitro groups is 1. The van der Waals surface area contributed by atoms with Crippen LogP contribution < -0.4 is 15.0 Å². The molecule has 0 radical (unpaired) electrons. The fraction of sp³-hybridized carbons (Fsp3) is 0.333. The molecule has 1 fully saturated rings. The van der Waals surface area contributed by atoms with Crippen LogP contribution >= 0.6 is 0 Å². The van der Waals surface area contributed by atoms with Gasteiger partial charge in [0.2, 0.25) is 0 Å². The molecule has 0 spiro atoms. The molecule has 0 aliphatic carbocycles. The van der Waals surface area contributed by atoms with Gasteiger partial charge in [-0.25, -0.2) is 4.79 Å². The van der Waals surface area contributed by atoms with Crippen LogP contribution in [0.4, 0.5) is 17.1 Å². The van der Waals surface area contributed by atoms with Crippen molar-refractivity contribution in [3.05, 3.63) is 58.1 Å². The summed E-state index contributed by atoms with van der Waals surface area (Å²) in [7, 11) is 0. The van der Waals surface area contributed by atoms with E-state index in [0.717, 1.165) is 25.9 Å². The van der Waals surface area contributed by atoms with Crippen LogP contribution in [0.1, 0.15) is 30.1 Å². The van der Waals surface area contributed by atoms with Crippen molar-refractivity contribution < 1.29 is 24.0 Å². The Morgan fingerprint density at radius 3 is 2.47 bits per heavy atom. The van der Waals surface area contributed by atoms with Crippen molar-refractivity contribution in [1.29, 1.82) is 0 Å². The number of rotatable bonds is 8. The number of amides is 1. The first-order valence-electron chi connectivity index (χ1n) is 9.71. The lowest BCUT2D eigenvalue weighted by Crippen LogP contribution is -2.21. The van der Waals surface area contributed by atoms with Crippen LogP contribution in [-0.2, 0) is 9.53 Å². The standard InChI is InChI=1S/C21H23N3O6/c1-2-29-17-8-6-16(7-9-17)22-20(25)14-30-21(26)15-5-10-18(19(13-15)24(27)28)23-11-3-4-12-23/h5-10,13H,2-4,11-12,14H2,1H3,(H,22,25). The van der Waals surface area contributed by atoms with Crippen LogP contribution in [0.2, 0.25) is 0 Å². The number of nitro benzene ring substituents is 1. The van der Waals surface area contributed by atoms with Gasteiger partial charge < -0.3 is 19.7 Å². The lowest BCUT2D eigenvalue weighted by Gasteiger charge is -2.17. The molecule has 0 atom stereocenters. The predicted octanol–water partition coefficient (Wildman–Crippen LogP) is 3.39. The molecule has 9 nitrogen and oxygen atoms in total. The number of esters is 1. The highest BCUT2D eigenvalue weighted by Crippen LogP contribution is 2.31. The number of hydrogen-bond donors (Lipinski definition) is 1. The zero-order chi connectivity index (χ0) is 21.5. The molecule has 1 aliphatic rings. The van der Waals surface area contributed by atoms with Gasteiger partial charge in [0.25, 0.3) is 11.6 Å². The molecule has 0 saturated carbocycles. The highest BCUT2D eigenvalue weighted by Gasteiger charge is 2.24. The fourth-order valence-electron chi connectivity index (χ4n) is 3.23. The summed E-state index contributed by atoms with van der Waals surface area (Å²) in [6, 6.07) is 11.0. The number of nitrogens with zero attached hydrogens (tertiary/aromatic N) is 2. The van der Waals surface area contributed by atoms with Crippen LogP contribution in [0, 0.1) is 10.1 Å². The third-order valence-corrected chi connectivity index (χ3v) is 4.64. The lowest BCUT2D eigenvalue weighted by molar-refractivity contribution is -0.384. The van der Waals surface area contributed by atoms with E-state index in [1.54, 1.807) is 30.3 Å². The number of carbonyl (C=O) groups is 2. The number of hydrogen-bond acceptors (Lipinski definition) is 7.